The summed E-state index contributed by atoms with van der Waals surface area (Å²) in [4.78, 5) is 4.17. The maximum absolute atomic E-state index is 3.63. The lowest BCUT2D eigenvalue weighted by molar-refractivity contribution is 0.138. The van der Waals surface area contributed by atoms with Gasteiger partial charge in [0.1, 0.15) is 0 Å². The van der Waals surface area contributed by atoms with Crippen LogP contribution in [0.4, 0.5) is 0 Å². The van der Waals surface area contributed by atoms with Crippen molar-refractivity contribution >= 4 is 11.3 Å². The first-order valence-electron chi connectivity index (χ1n) is 7.23. The van der Waals surface area contributed by atoms with E-state index in [1.165, 1.54) is 30.7 Å². The second-order valence-corrected chi connectivity index (χ2v) is 6.78. The van der Waals surface area contributed by atoms with E-state index < -0.39 is 0 Å². The third-order valence-electron chi connectivity index (χ3n) is 3.62. The molecule has 1 unspecified atom stereocenters. The molecule has 0 spiro atoms. The molecule has 102 valence electrons. The Kier molecular flexibility index (Phi) is 5.67. The van der Waals surface area contributed by atoms with Crippen molar-refractivity contribution in [2.45, 2.75) is 45.7 Å². The molecule has 0 radical (unpaired) electrons. The summed E-state index contributed by atoms with van der Waals surface area (Å²) in [5, 5.41) is 5.81. The maximum atomic E-state index is 3.63. The van der Waals surface area contributed by atoms with Gasteiger partial charge in [0.2, 0.25) is 0 Å². The Balaban J connectivity index is 1.81. The molecule has 0 bridgehead atoms. The Hall–Kier alpha value is -0.380. The quantitative estimate of drug-likeness (QED) is 0.849. The molecule has 0 aromatic carbocycles. The molecule has 1 fully saturated rings. The van der Waals surface area contributed by atoms with Crippen molar-refractivity contribution < 1.29 is 0 Å². The zero-order valence-electron chi connectivity index (χ0n) is 11.7. The molecule has 1 aliphatic rings. The predicted octanol–water partition coefficient (Wildman–Crippen LogP) is 3.35. The highest BCUT2D eigenvalue weighted by molar-refractivity contribution is 7.09. The van der Waals surface area contributed by atoms with Gasteiger partial charge in [-0.3, -0.25) is 4.90 Å². The first-order chi connectivity index (χ1) is 8.75. The van der Waals surface area contributed by atoms with Crippen LogP contribution in [0.1, 0.15) is 38.0 Å². The summed E-state index contributed by atoms with van der Waals surface area (Å²) in [6.07, 6.45) is 4.12. The molecule has 0 saturated carbocycles. The highest BCUT2D eigenvalue weighted by atomic mass is 32.1. The summed E-state index contributed by atoms with van der Waals surface area (Å²) < 4.78 is 0. The molecule has 1 N–H and O–H groups in total. The first-order valence-corrected chi connectivity index (χ1v) is 8.11. The molecule has 2 rings (SSSR count). The van der Waals surface area contributed by atoms with Crippen LogP contribution in [0.15, 0.2) is 17.5 Å². The fraction of sp³-hybridized carbons (Fsp3) is 0.733. The SMILES string of the molecule is CC(C)CNCC1CCCCN1Cc1cccs1. The Labute approximate surface area is 115 Å². The van der Waals surface area contributed by atoms with Gasteiger partial charge in [0.15, 0.2) is 0 Å². The largest absolute Gasteiger partial charge is 0.315 e. The minimum atomic E-state index is 0.736. The molecule has 1 aromatic rings. The molecule has 2 heterocycles. The van der Waals surface area contributed by atoms with Crippen LogP contribution in [-0.2, 0) is 6.54 Å². The Morgan fingerprint density at radius 2 is 2.33 bits per heavy atom. The van der Waals surface area contributed by atoms with E-state index in [0.29, 0.717) is 0 Å². The van der Waals surface area contributed by atoms with Crippen molar-refractivity contribution in [2.24, 2.45) is 5.92 Å². The third kappa shape index (κ3) is 4.38. The van der Waals surface area contributed by atoms with E-state index in [-0.39, 0.29) is 0 Å². The molecule has 1 atom stereocenters. The third-order valence-corrected chi connectivity index (χ3v) is 4.48. The summed E-state index contributed by atoms with van der Waals surface area (Å²) in [6, 6.07) is 5.16. The van der Waals surface area contributed by atoms with E-state index in [0.717, 1.165) is 31.6 Å². The smallest absolute Gasteiger partial charge is 0.0331 e. The molecular weight excluding hydrogens is 240 g/mol. The highest BCUT2D eigenvalue weighted by Gasteiger charge is 2.22. The zero-order valence-corrected chi connectivity index (χ0v) is 12.5. The van der Waals surface area contributed by atoms with E-state index >= 15 is 0 Å². The Bertz CT molecular complexity index is 321. The van der Waals surface area contributed by atoms with Crippen LogP contribution >= 0.6 is 11.3 Å². The molecular formula is C15H26N2S. The number of nitrogens with zero attached hydrogens (tertiary/aromatic N) is 1. The van der Waals surface area contributed by atoms with Crippen molar-refractivity contribution in [3.63, 3.8) is 0 Å². The lowest BCUT2D eigenvalue weighted by Gasteiger charge is -2.35. The van der Waals surface area contributed by atoms with Crippen LogP contribution in [0.2, 0.25) is 0 Å². The molecule has 2 nitrogen and oxygen atoms in total. The van der Waals surface area contributed by atoms with Crippen LogP contribution in [-0.4, -0.2) is 30.6 Å². The standard InChI is InChI=1S/C15H26N2S/c1-13(2)10-16-11-14-6-3-4-8-17(14)12-15-7-5-9-18-15/h5,7,9,13-14,16H,3-4,6,8,10-12H2,1-2H3. The van der Waals surface area contributed by atoms with Gasteiger partial charge < -0.3 is 5.32 Å². The number of thiophene rings is 1. The predicted molar refractivity (Wildman–Crippen MR) is 80.1 cm³/mol. The molecule has 1 saturated heterocycles. The average molecular weight is 266 g/mol. The van der Waals surface area contributed by atoms with Gasteiger partial charge in [0.25, 0.3) is 0 Å². The maximum Gasteiger partial charge on any atom is 0.0331 e. The number of rotatable bonds is 6. The number of nitrogens with one attached hydrogen (secondary N) is 1. The van der Waals surface area contributed by atoms with Gasteiger partial charge in [-0.15, -0.1) is 11.3 Å². The van der Waals surface area contributed by atoms with Crippen LogP contribution < -0.4 is 5.32 Å². The summed E-state index contributed by atoms with van der Waals surface area (Å²) >= 11 is 1.89. The number of piperidine rings is 1. The van der Waals surface area contributed by atoms with Crippen molar-refractivity contribution in [1.82, 2.24) is 10.2 Å². The van der Waals surface area contributed by atoms with Gasteiger partial charge in [-0.05, 0) is 43.3 Å². The second kappa shape index (κ2) is 7.27. The average Bonchev–Trinajstić information content (AvgIpc) is 2.84. The van der Waals surface area contributed by atoms with Gasteiger partial charge in [-0.1, -0.05) is 26.3 Å². The van der Waals surface area contributed by atoms with Gasteiger partial charge in [0, 0.05) is 24.0 Å². The lowest BCUT2D eigenvalue weighted by Crippen LogP contribution is -2.45. The lowest BCUT2D eigenvalue weighted by atomic mass is 10.0. The molecule has 1 aromatic heterocycles. The minimum absolute atomic E-state index is 0.736. The molecule has 18 heavy (non-hydrogen) atoms. The number of likely N-dealkylation sites (tertiary alicyclic amines) is 1. The zero-order chi connectivity index (χ0) is 12.8. The van der Waals surface area contributed by atoms with Crippen molar-refractivity contribution in [3.05, 3.63) is 22.4 Å². The van der Waals surface area contributed by atoms with E-state index in [1.54, 1.807) is 0 Å². The van der Waals surface area contributed by atoms with Gasteiger partial charge in [0.05, 0.1) is 0 Å². The van der Waals surface area contributed by atoms with Crippen LogP contribution in [0.3, 0.4) is 0 Å². The summed E-state index contributed by atoms with van der Waals surface area (Å²) in [6.45, 7) is 9.26. The summed E-state index contributed by atoms with van der Waals surface area (Å²) in [5.41, 5.74) is 0. The minimum Gasteiger partial charge on any atom is -0.315 e. The van der Waals surface area contributed by atoms with Crippen LogP contribution in [0, 0.1) is 5.92 Å². The van der Waals surface area contributed by atoms with Crippen molar-refractivity contribution in [1.29, 1.82) is 0 Å². The van der Waals surface area contributed by atoms with E-state index in [1.807, 2.05) is 11.3 Å². The topological polar surface area (TPSA) is 15.3 Å². The van der Waals surface area contributed by atoms with Crippen LogP contribution in [0.25, 0.3) is 0 Å². The Morgan fingerprint density at radius 3 is 3.06 bits per heavy atom. The molecule has 3 heteroatoms. The van der Waals surface area contributed by atoms with E-state index in [4.69, 9.17) is 0 Å². The normalized spacial score (nSPS) is 21.6. The first kappa shape index (κ1) is 14.0. The number of hydrogen-bond donors (Lipinski definition) is 1. The number of hydrogen-bond acceptors (Lipinski definition) is 3. The Morgan fingerprint density at radius 1 is 1.44 bits per heavy atom. The van der Waals surface area contributed by atoms with Crippen molar-refractivity contribution in [2.75, 3.05) is 19.6 Å². The molecule has 1 aliphatic heterocycles. The molecule has 0 aliphatic carbocycles. The van der Waals surface area contributed by atoms with Crippen LogP contribution in [0.5, 0.6) is 0 Å². The van der Waals surface area contributed by atoms with Gasteiger partial charge >= 0.3 is 0 Å². The van der Waals surface area contributed by atoms with E-state index in [2.05, 4.69) is 41.6 Å². The fourth-order valence-electron chi connectivity index (χ4n) is 2.64. The highest BCUT2D eigenvalue weighted by Crippen LogP contribution is 2.21. The van der Waals surface area contributed by atoms with Crippen molar-refractivity contribution in [3.8, 4) is 0 Å². The summed E-state index contributed by atoms with van der Waals surface area (Å²) in [7, 11) is 0. The monoisotopic (exact) mass is 266 g/mol. The second-order valence-electron chi connectivity index (χ2n) is 5.75. The van der Waals surface area contributed by atoms with E-state index in [9.17, 15) is 0 Å². The fourth-order valence-corrected chi connectivity index (χ4v) is 3.37. The summed E-state index contributed by atoms with van der Waals surface area (Å²) in [5.74, 6) is 0.749. The van der Waals surface area contributed by atoms with Gasteiger partial charge in [-0.25, -0.2) is 0 Å². The molecule has 0 amide bonds. The van der Waals surface area contributed by atoms with Gasteiger partial charge in [-0.2, -0.15) is 0 Å².